The first-order valence-corrected chi connectivity index (χ1v) is 9.00. The molecule has 0 bridgehead atoms. The lowest BCUT2D eigenvalue weighted by molar-refractivity contribution is 0.0976. The van der Waals surface area contributed by atoms with Gasteiger partial charge in [0.15, 0.2) is 0 Å². The van der Waals surface area contributed by atoms with Crippen LogP contribution in [0.1, 0.15) is 28.0 Å². The summed E-state index contributed by atoms with van der Waals surface area (Å²) in [4.78, 5) is 26.5. The fourth-order valence-corrected chi connectivity index (χ4v) is 4.11. The molecule has 2 aromatic carbocycles. The first-order valence-electron chi connectivity index (χ1n) is 8.63. The van der Waals surface area contributed by atoms with E-state index in [1.54, 1.807) is 6.07 Å². The number of primary amides is 2. The summed E-state index contributed by atoms with van der Waals surface area (Å²) in [5.74, 6) is -0.505. The van der Waals surface area contributed by atoms with Crippen molar-refractivity contribution < 1.29 is 14.3 Å². The minimum atomic E-state index is -0.785. The number of ether oxygens (including phenoxy) is 1. The van der Waals surface area contributed by atoms with Gasteiger partial charge in [0, 0.05) is 28.1 Å². The molecular formula is C20H18ClN3O3. The van der Waals surface area contributed by atoms with E-state index >= 15 is 0 Å². The number of hydrogen-bond donors (Lipinski definition) is 3. The summed E-state index contributed by atoms with van der Waals surface area (Å²) in [5.41, 5.74) is 15.6. The molecule has 1 aromatic heterocycles. The number of H-pyrrole nitrogens is 1. The second kappa shape index (κ2) is 6.63. The van der Waals surface area contributed by atoms with Crippen molar-refractivity contribution in [2.24, 2.45) is 11.5 Å². The predicted molar refractivity (Wildman–Crippen MR) is 104 cm³/mol. The van der Waals surface area contributed by atoms with Gasteiger partial charge in [-0.05, 0) is 36.1 Å². The van der Waals surface area contributed by atoms with Crippen LogP contribution in [0.25, 0.3) is 22.0 Å². The fourth-order valence-electron chi connectivity index (χ4n) is 3.87. The lowest BCUT2D eigenvalue weighted by Crippen LogP contribution is -2.28. The fraction of sp³-hybridized carbons (Fsp3) is 0.200. The maximum absolute atomic E-state index is 11.9. The van der Waals surface area contributed by atoms with Crippen LogP contribution < -0.4 is 11.5 Å². The molecule has 7 heteroatoms. The zero-order valence-corrected chi connectivity index (χ0v) is 15.2. The maximum atomic E-state index is 11.9. The van der Waals surface area contributed by atoms with Crippen molar-refractivity contribution in [1.29, 1.82) is 0 Å². The van der Waals surface area contributed by atoms with E-state index in [1.807, 2.05) is 30.3 Å². The standard InChI is InChI=1S/C20H18ClN3O3/c21-15-4-2-1-3-11(15)12-6-7-13(19(22)25)18-17(12)14-9-10(27-20(23)26)5-8-16(14)24-18/h1-4,6-7,10,24H,5,8-9H2,(H2,22,25)(H2,23,26). The molecule has 1 heterocycles. The number of aromatic amines is 1. The highest BCUT2D eigenvalue weighted by Crippen LogP contribution is 2.40. The van der Waals surface area contributed by atoms with Crippen LogP contribution in [0.5, 0.6) is 0 Å². The number of benzene rings is 2. The Balaban J connectivity index is 1.97. The highest BCUT2D eigenvalue weighted by atomic mass is 35.5. The smallest absolute Gasteiger partial charge is 0.404 e. The molecule has 3 aromatic rings. The number of halogens is 1. The molecule has 0 saturated heterocycles. The molecule has 5 N–H and O–H groups in total. The van der Waals surface area contributed by atoms with Gasteiger partial charge in [-0.25, -0.2) is 4.79 Å². The molecule has 0 radical (unpaired) electrons. The van der Waals surface area contributed by atoms with Crippen LogP contribution in [-0.2, 0) is 17.6 Å². The number of hydrogen-bond acceptors (Lipinski definition) is 3. The minimum absolute atomic E-state index is 0.301. The molecule has 1 unspecified atom stereocenters. The number of aromatic nitrogens is 1. The summed E-state index contributed by atoms with van der Waals surface area (Å²) < 4.78 is 5.22. The third kappa shape index (κ3) is 3.02. The van der Waals surface area contributed by atoms with Crippen LogP contribution in [0.15, 0.2) is 36.4 Å². The third-order valence-corrected chi connectivity index (χ3v) is 5.34. The van der Waals surface area contributed by atoms with Gasteiger partial charge >= 0.3 is 6.09 Å². The average molecular weight is 384 g/mol. The third-order valence-electron chi connectivity index (χ3n) is 5.01. The number of amides is 2. The molecule has 1 aliphatic rings. The quantitative estimate of drug-likeness (QED) is 0.643. The minimum Gasteiger partial charge on any atom is -0.446 e. The molecule has 138 valence electrons. The highest BCUT2D eigenvalue weighted by molar-refractivity contribution is 6.33. The largest absolute Gasteiger partial charge is 0.446 e. The monoisotopic (exact) mass is 383 g/mol. The molecule has 0 spiro atoms. The Bertz CT molecular complexity index is 1070. The zero-order valence-electron chi connectivity index (χ0n) is 14.4. The first-order chi connectivity index (χ1) is 13.0. The van der Waals surface area contributed by atoms with Crippen molar-refractivity contribution in [3.05, 3.63) is 58.2 Å². The van der Waals surface area contributed by atoms with E-state index in [4.69, 9.17) is 27.8 Å². The van der Waals surface area contributed by atoms with Crippen LogP contribution in [0.2, 0.25) is 5.02 Å². The summed E-state index contributed by atoms with van der Waals surface area (Å²) in [7, 11) is 0. The molecule has 6 nitrogen and oxygen atoms in total. The lowest BCUT2D eigenvalue weighted by atomic mass is 9.89. The van der Waals surface area contributed by atoms with Gasteiger partial charge in [0.05, 0.1) is 11.1 Å². The Morgan fingerprint density at radius 2 is 1.89 bits per heavy atom. The van der Waals surface area contributed by atoms with Crippen LogP contribution in [0.4, 0.5) is 4.79 Å². The molecule has 4 rings (SSSR count). The van der Waals surface area contributed by atoms with Crippen molar-refractivity contribution >= 4 is 34.5 Å². The molecule has 0 aliphatic heterocycles. The van der Waals surface area contributed by atoms with Gasteiger partial charge in [-0.2, -0.15) is 0 Å². The summed E-state index contributed by atoms with van der Waals surface area (Å²) in [6, 6.07) is 11.1. The van der Waals surface area contributed by atoms with Gasteiger partial charge in [-0.1, -0.05) is 35.9 Å². The van der Waals surface area contributed by atoms with Crippen molar-refractivity contribution in [3.63, 3.8) is 0 Å². The van der Waals surface area contributed by atoms with E-state index < -0.39 is 12.0 Å². The van der Waals surface area contributed by atoms with E-state index in [0.717, 1.165) is 27.8 Å². The molecular weight excluding hydrogens is 366 g/mol. The Morgan fingerprint density at radius 3 is 2.59 bits per heavy atom. The van der Waals surface area contributed by atoms with Crippen LogP contribution >= 0.6 is 11.6 Å². The number of nitrogens with two attached hydrogens (primary N) is 2. The predicted octanol–water partition coefficient (Wildman–Crippen LogP) is 3.54. The summed E-state index contributed by atoms with van der Waals surface area (Å²) in [6.07, 6.45) is 0.772. The Labute approximate surface area is 160 Å². The highest BCUT2D eigenvalue weighted by Gasteiger charge is 2.28. The Hall–Kier alpha value is -2.99. The van der Waals surface area contributed by atoms with Gasteiger partial charge in [-0.3, -0.25) is 4.79 Å². The van der Waals surface area contributed by atoms with E-state index in [0.29, 0.717) is 35.4 Å². The second-order valence-electron chi connectivity index (χ2n) is 6.64. The molecule has 2 amide bonds. The van der Waals surface area contributed by atoms with E-state index in [-0.39, 0.29) is 6.10 Å². The topological polar surface area (TPSA) is 111 Å². The molecule has 0 fully saturated rings. The van der Waals surface area contributed by atoms with Crippen molar-refractivity contribution in [1.82, 2.24) is 4.98 Å². The molecule has 1 aliphatic carbocycles. The molecule has 0 saturated carbocycles. The van der Waals surface area contributed by atoms with Gasteiger partial charge in [0.25, 0.3) is 5.91 Å². The lowest BCUT2D eigenvalue weighted by Gasteiger charge is -2.22. The Kier molecular flexibility index (Phi) is 4.28. The zero-order chi connectivity index (χ0) is 19.1. The number of rotatable bonds is 3. The van der Waals surface area contributed by atoms with Crippen molar-refractivity contribution in [2.45, 2.75) is 25.4 Å². The van der Waals surface area contributed by atoms with E-state index in [9.17, 15) is 9.59 Å². The number of aryl methyl sites for hydroxylation is 1. The number of fused-ring (bicyclic) bond motifs is 3. The summed E-state index contributed by atoms with van der Waals surface area (Å²) in [5, 5.41) is 1.49. The van der Waals surface area contributed by atoms with Gasteiger partial charge in [-0.15, -0.1) is 0 Å². The number of nitrogens with one attached hydrogen (secondary N) is 1. The summed E-state index contributed by atoms with van der Waals surface area (Å²) in [6.45, 7) is 0. The van der Waals surface area contributed by atoms with Gasteiger partial charge < -0.3 is 21.2 Å². The van der Waals surface area contributed by atoms with Gasteiger partial charge in [0.1, 0.15) is 6.10 Å². The van der Waals surface area contributed by atoms with E-state index in [2.05, 4.69) is 4.98 Å². The average Bonchev–Trinajstić information content (AvgIpc) is 2.99. The van der Waals surface area contributed by atoms with Crippen molar-refractivity contribution in [3.8, 4) is 11.1 Å². The number of carbonyl (C=O) groups excluding carboxylic acids is 2. The SMILES string of the molecule is NC(=O)OC1CCc2[nH]c3c(C(N)=O)ccc(-c4ccccc4Cl)c3c2C1. The molecule has 1 atom stereocenters. The normalized spacial score (nSPS) is 16.1. The first kappa shape index (κ1) is 17.4. The second-order valence-corrected chi connectivity index (χ2v) is 7.05. The Morgan fingerprint density at radius 1 is 1.11 bits per heavy atom. The van der Waals surface area contributed by atoms with Crippen LogP contribution in [0.3, 0.4) is 0 Å². The number of carbonyl (C=O) groups is 2. The van der Waals surface area contributed by atoms with Crippen LogP contribution in [-0.4, -0.2) is 23.1 Å². The van der Waals surface area contributed by atoms with Crippen molar-refractivity contribution in [2.75, 3.05) is 0 Å². The molecule has 27 heavy (non-hydrogen) atoms. The van der Waals surface area contributed by atoms with E-state index in [1.165, 1.54) is 0 Å². The maximum Gasteiger partial charge on any atom is 0.404 e. The van der Waals surface area contributed by atoms with Gasteiger partial charge in [0.2, 0.25) is 0 Å². The summed E-state index contributed by atoms with van der Waals surface area (Å²) >= 11 is 6.42. The van der Waals surface area contributed by atoms with Crippen LogP contribution in [0, 0.1) is 0 Å².